The van der Waals surface area contributed by atoms with E-state index in [-0.39, 0.29) is 16.0 Å². The second-order valence-electron chi connectivity index (χ2n) is 6.98. The third kappa shape index (κ3) is 3.53. The average Bonchev–Trinajstić information content (AvgIpc) is 3.34. The Morgan fingerprint density at radius 3 is 2.70 bits per heavy atom. The molecule has 0 radical (unpaired) electrons. The summed E-state index contributed by atoms with van der Waals surface area (Å²) in [6, 6.07) is 3.12. The first kappa shape index (κ1) is 18.9. The number of hydrogen-bond donors (Lipinski definition) is 1. The molecule has 0 aromatic carbocycles. The van der Waals surface area contributed by atoms with Crippen molar-refractivity contribution in [2.45, 2.75) is 36.3 Å². The number of amides is 1. The molecule has 2 aromatic heterocycles. The third-order valence-electron chi connectivity index (χ3n) is 5.28. The Morgan fingerprint density at radius 2 is 2.04 bits per heavy atom. The summed E-state index contributed by atoms with van der Waals surface area (Å²) in [7, 11) is -1.69. The number of rotatable bonds is 4. The van der Waals surface area contributed by atoms with Crippen LogP contribution in [0.3, 0.4) is 0 Å². The topological polar surface area (TPSA) is 84.3 Å². The molecule has 10 heteroatoms. The summed E-state index contributed by atoms with van der Waals surface area (Å²) in [6.07, 6.45) is 3.99. The van der Waals surface area contributed by atoms with Gasteiger partial charge in [0.05, 0.1) is 10.0 Å². The zero-order valence-corrected chi connectivity index (χ0v) is 17.3. The monoisotopic (exact) mass is 428 g/mol. The zero-order valence-electron chi connectivity index (χ0n) is 14.9. The molecular weight excluding hydrogens is 408 g/mol. The SMILES string of the molecule is Cn1nc2c(c1NC(=O)C1CCN(S(=O)(=O)c3ccc(Cl)s3)CC1)CCC2. The standard InChI is InChI=1S/C17H21ClN4O3S2/c1-21-16(12-3-2-4-13(12)20-21)19-17(23)11-7-9-22(10-8-11)27(24,25)15-6-5-14(18)26-15/h5-6,11H,2-4,7-10H2,1H3,(H,19,23). The lowest BCUT2D eigenvalue weighted by Crippen LogP contribution is -2.41. The molecule has 2 aromatic rings. The van der Waals surface area contributed by atoms with Gasteiger partial charge in [0.25, 0.3) is 10.0 Å². The van der Waals surface area contributed by atoms with E-state index in [1.807, 2.05) is 7.05 Å². The first-order valence-electron chi connectivity index (χ1n) is 8.97. The van der Waals surface area contributed by atoms with Crippen molar-refractivity contribution in [2.75, 3.05) is 18.4 Å². The predicted octanol–water partition coefficient (Wildman–Crippen LogP) is 2.66. The molecule has 1 fully saturated rings. The van der Waals surface area contributed by atoms with E-state index in [4.69, 9.17) is 11.6 Å². The maximum Gasteiger partial charge on any atom is 0.252 e. The highest BCUT2D eigenvalue weighted by molar-refractivity contribution is 7.91. The highest BCUT2D eigenvalue weighted by atomic mass is 35.5. The first-order valence-corrected chi connectivity index (χ1v) is 11.6. The largest absolute Gasteiger partial charge is 0.310 e. The van der Waals surface area contributed by atoms with Gasteiger partial charge in [-0.2, -0.15) is 9.40 Å². The Bertz CT molecular complexity index is 974. The molecule has 146 valence electrons. The van der Waals surface area contributed by atoms with E-state index in [2.05, 4.69) is 10.4 Å². The van der Waals surface area contributed by atoms with Crippen LogP contribution in [-0.2, 0) is 34.7 Å². The summed E-state index contributed by atoms with van der Waals surface area (Å²) in [4.78, 5) is 12.7. The number of anilines is 1. The lowest BCUT2D eigenvalue weighted by Gasteiger charge is -2.30. The number of aryl methyl sites for hydroxylation is 2. The van der Waals surface area contributed by atoms with Crippen molar-refractivity contribution in [1.29, 1.82) is 0 Å². The van der Waals surface area contributed by atoms with Crippen LogP contribution in [0.4, 0.5) is 5.82 Å². The molecule has 27 heavy (non-hydrogen) atoms. The molecule has 1 amide bonds. The normalized spacial score (nSPS) is 18.6. The van der Waals surface area contributed by atoms with Crippen molar-refractivity contribution in [1.82, 2.24) is 14.1 Å². The molecular formula is C17H21ClN4O3S2. The van der Waals surface area contributed by atoms with E-state index < -0.39 is 10.0 Å². The van der Waals surface area contributed by atoms with Crippen molar-refractivity contribution < 1.29 is 13.2 Å². The highest BCUT2D eigenvalue weighted by Crippen LogP contribution is 2.32. The number of carbonyl (C=O) groups excluding carboxylic acids is 1. The molecule has 7 nitrogen and oxygen atoms in total. The van der Waals surface area contributed by atoms with Crippen LogP contribution >= 0.6 is 22.9 Å². The number of halogens is 1. The van der Waals surface area contributed by atoms with E-state index in [0.717, 1.165) is 47.7 Å². The second-order valence-corrected chi connectivity index (χ2v) is 10.9. The molecule has 3 heterocycles. The van der Waals surface area contributed by atoms with Gasteiger partial charge < -0.3 is 5.32 Å². The molecule has 0 saturated carbocycles. The fourth-order valence-electron chi connectivity index (χ4n) is 3.82. The lowest BCUT2D eigenvalue weighted by atomic mass is 9.97. The molecule has 1 saturated heterocycles. The fraction of sp³-hybridized carbons (Fsp3) is 0.529. The minimum absolute atomic E-state index is 0.0519. The quantitative estimate of drug-likeness (QED) is 0.811. The van der Waals surface area contributed by atoms with Gasteiger partial charge in [-0.15, -0.1) is 11.3 Å². The van der Waals surface area contributed by atoms with Crippen LogP contribution in [0.5, 0.6) is 0 Å². The molecule has 2 aliphatic rings. The molecule has 4 rings (SSSR count). The first-order chi connectivity index (χ1) is 12.9. The van der Waals surface area contributed by atoms with Crippen LogP contribution in [0.25, 0.3) is 0 Å². The minimum atomic E-state index is -3.53. The van der Waals surface area contributed by atoms with Gasteiger partial charge >= 0.3 is 0 Å². The van der Waals surface area contributed by atoms with Crippen molar-refractivity contribution in [3.05, 3.63) is 27.7 Å². The number of thiophene rings is 1. The third-order valence-corrected chi connectivity index (χ3v) is 8.88. The van der Waals surface area contributed by atoms with Crippen LogP contribution in [-0.4, -0.2) is 41.5 Å². The van der Waals surface area contributed by atoms with Crippen LogP contribution < -0.4 is 5.32 Å². The Balaban J connectivity index is 1.40. The van der Waals surface area contributed by atoms with Gasteiger partial charge in [0.1, 0.15) is 10.0 Å². The summed E-state index contributed by atoms with van der Waals surface area (Å²) in [5.41, 5.74) is 2.21. The fourth-order valence-corrected chi connectivity index (χ4v) is 6.92. The van der Waals surface area contributed by atoms with Gasteiger partial charge in [0, 0.05) is 31.6 Å². The van der Waals surface area contributed by atoms with Crippen LogP contribution in [0.15, 0.2) is 16.3 Å². The lowest BCUT2D eigenvalue weighted by molar-refractivity contribution is -0.121. The second kappa shape index (κ2) is 7.20. The molecule has 0 bridgehead atoms. The van der Waals surface area contributed by atoms with Crippen LogP contribution in [0, 0.1) is 5.92 Å². The molecule has 0 unspecified atom stereocenters. The van der Waals surface area contributed by atoms with Gasteiger partial charge in [-0.1, -0.05) is 11.6 Å². The molecule has 1 aliphatic heterocycles. The molecule has 0 spiro atoms. The summed E-state index contributed by atoms with van der Waals surface area (Å²) in [6.45, 7) is 0.666. The smallest absolute Gasteiger partial charge is 0.252 e. The van der Waals surface area contributed by atoms with E-state index >= 15 is 0 Å². The van der Waals surface area contributed by atoms with Gasteiger partial charge in [-0.3, -0.25) is 9.48 Å². The predicted molar refractivity (Wildman–Crippen MR) is 105 cm³/mol. The molecule has 1 aliphatic carbocycles. The van der Waals surface area contributed by atoms with E-state index in [0.29, 0.717) is 30.3 Å². The van der Waals surface area contributed by atoms with Gasteiger partial charge in [0.15, 0.2) is 0 Å². The maximum atomic E-state index is 12.7. The molecule has 0 atom stereocenters. The van der Waals surface area contributed by atoms with Gasteiger partial charge in [-0.25, -0.2) is 8.42 Å². The van der Waals surface area contributed by atoms with Gasteiger partial charge in [-0.05, 0) is 44.2 Å². The summed E-state index contributed by atoms with van der Waals surface area (Å²) in [5, 5.41) is 7.50. The Hall–Kier alpha value is -1.42. The Labute approximate surface area is 167 Å². The number of nitrogens with zero attached hydrogens (tertiary/aromatic N) is 3. The highest BCUT2D eigenvalue weighted by Gasteiger charge is 2.33. The van der Waals surface area contributed by atoms with Gasteiger partial charge in [0.2, 0.25) is 5.91 Å². The summed E-state index contributed by atoms with van der Waals surface area (Å²) in [5.74, 6) is 0.537. The van der Waals surface area contributed by atoms with Crippen molar-refractivity contribution in [2.24, 2.45) is 13.0 Å². The van der Waals surface area contributed by atoms with Crippen molar-refractivity contribution in [3.8, 4) is 0 Å². The van der Waals surface area contributed by atoms with E-state index in [1.54, 1.807) is 10.7 Å². The Morgan fingerprint density at radius 1 is 1.30 bits per heavy atom. The van der Waals surface area contributed by atoms with Crippen molar-refractivity contribution >= 4 is 44.7 Å². The maximum absolute atomic E-state index is 12.7. The van der Waals surface area contributed by atoms with Crippen molar-refractivity contribution in [3.63, 3.8) is 0 Å². The molecule has 1 N–H and O–H groups in total. The number of nitrogens with one attached hydrogen (secondary N) is 1. The average molecular weight is 429 g/mol. The summed E-state index contributed by atoms with van der Waals surface area (Å²) >= 11 is 6.92. The van der Waals surface area contributed by atoms with Crippen LogP contribution in [0.2, 0.25) is 4.34 Å². The minimum Gasteiger partial charge on any atom is -0.310 e. The summed E-state index contributed by atoms with van der Waals surface area (Å²) < 4.78 is 29.2. The number of hydrogen-bond acceptors (Lipinski definition) is 5. The van der Waals surface area contributed by atoms with E-state index in [1.165, 1.54) is 10.4 Å². The number of carbonyl (C=O) groups is 1. The van der Waals surface area contributed by atoms with Crippen LogP contribution in [0.1, 0.15) is 30.5 Å². The number of aromatic nitrogens is 2. The number of fused-ring (bicyclic) bond motifs is 1. The van der Waals surface area contributed by atoms with E-state index in [9.17, 15) is 13.2 Å². The zero-order chi connectivity index (χ0) is 19.2. The Kier molecular flexibility index (Phi) is 5.04. The number of piperidine rings is 1. The number of sulfonamides is 1.